The molecule has 106 valence electrons. The van der Waals surface area contributed by atoms with Gasteiger partial charge in [-0.25, -0.2) is 0 Å². The SMILES string of the molecule is CCCOc1ccc(CNC(=O)CCC(C)N)cc1. The molecule has 3 N–H and O–H groups in total. The molecule has 0 spiro atoms. The van der Waals surface area contributed by atoms with E-state index < -0.39 is 0 Å². The van der Waals surface area contributed by atoms with Gasteiger partial charge in [0.15, 0.2) is 0 Å². The summed E-state index contributed by atoms with van der Waals surface area (Å²) in [5.41, 5.74) is 6.68. The second kappa shape index (κ2) is 8.53. The quantitative estimate of drug-likeness (QED) is 0.756. The minimum Gasteiger partial charge on any atom is -0.494 e. The minimum absolute atomic E-state index is 0.0450. The Labute approximate surface area is 115 Å². The lowest BCUT2D eigenvalue weighted by atomic mass is 10.2. The zero-order valence-electron chi connectivity index (χ0n) is 11.8. The first-order valence-electron chi connectivity index (χ1n) is 6.85. The summed E-state index contributed by atoms with van der Waals surface area (Å²) < 4.78 is 5.50. The average molecular weight is 264 g/mol. The maximum Gasteiger partial charge on any atom is 0.220 e. The van der Waals surface area contributed by atoms with Crippen molar-refractivity contribution in [2.75, 3.05) is 6.61 Å². The molecule has 0 bridgehead atoms. The smallest absolute Gasteiger partial charge is 0.220 e. The Morgan fingerprint density at radius 3 is 2.63 bits per heavy atom. The fourth-order valence-electron chi connectivity index (χ4n) is 1.57. The number of rotatable bonds is 8. The van der Waals surface area contributed by atoms with Gasteiger partial charge in [-0.2, -0.15) is 0 Å². The van der Waals surface area contributed by atoms with Crippen molar-refractivity contribution in [1.29, 1.82) is 0 Å². The summed E-state index contributed by atoms with van der Waals surface area (Å²) >= 11 is 0. The lowest BCUT2D eigenvalue weighted by Gasteiger charge is -2.08. The van der Waals surface area contributed by atoms with E-state index in [9.17, 15) is 4.79 Å². The second-order valence-corrected chi connectivity index (χ2v) is 4.79. The number of ether oxygens (including phenoxy) is 1. The fourth-order valence-corrected chi connectivity index (χ4v) is 1.57. The monoisotopic (exact) mass is 264 g/mol. The molecule has 0 aliphatic carbocycles. The summed E-state index contributed by atoms with van der Waals surface area (Å²) in [5, 5.41) is 2.88. The first-order valence-corrected chi connectivity index (χ1v) is 6.85. The molecule has 0 saturated heterocycles. The molecule has 1 rings (SSSR count). The Hall–Kier alpha value is -1.55. The molecule has 0 heterocycles. The van der Waals surface area contributed by atoms with E-state index in [-0.39, 0.29) is 11.9 Å². The van der Waals surface area contributed by atoms with Gasteiger partial charge in [0.05, 0.1) is 6.61 Å². The molecule has 0 aliphatic rings. The molecular weight excluding hydrogens is 240 g/mol. The van der Waals surface area contributed by atoms with Gasteiger partial charge in [0.2, 0.25) is 5.91 Å². The Bertz CT molecular complexity index is 374. The van der Waals surface area contributed by atoms with E-state index in [0.29, 0.717) is 13.0 Å². The molecule has 1 atom stereocenters. The summed E-state index contributed by atoms with van der Waals surface area (Å²) in [5.74, 6) is 0.914. The van der Waals surface area contributed by atoms with Gasteiger partial charge < -0.3 is 15.8 Å². The fraction of sp³-hybridized carbons (Fsp3) is 0.533. The van der Waals surface area contributed by atoms with Gasteiger partial charge in [-0.15, -0.1) is 0 Å². The van der Waals surface area contributed by atoms with Crippen molar-refractivity contribution in [2.24, 2.45) is 5.73 Å². The second-order valence-electron chi connectivity index (χ2n) is 4.79. The molecule has 4 nitrogen and oxygen atoms in total. The molecule has 1 unspecified atom stereocenters. The maximum atomic E-state index is 11.5. The van der Waals surface area contributed by atoms with Crippen LogP contribution in [0, 0.1) is 0 Å². The molecule has 1 amide bonds. The van der Waals surface area contributed by atoms with Gasteiger partial charge in [0.1, 0.15) is 5.75 Å². The molecule has 0 radical (unpaired) electrons. The van der Waals surface area contributed by atoms with Crippen molar-refractivity contribution in [3.8, 4) is 5.75 Å². The standard InChI is InChI=1S/C15H24N2O2/c1-3-10-19-14-7-5-13(6-8-14)11-17-15(18)9-4-12(2)16/h5-8,12H,3-4,9-11,16H2,1-2H3,(H,17,18). The third-order valence-electron chi connectivity index (χ3n) is 2.71. The predicted molar refractivity (Wildman–Crippen MR) is 77.0 cm³/mol. The highest BCUT2D eigenvalue weighted by molar-refractivity contribution is 5.75. The molecule has 1 aromatic carbocycles. The Balaban J connectivity index is 2.31. The summed E-state index contributed by atoms with van der Waals surface area (Å²) in [6.45, 7) is 5.26. The maximum absolute atomic E-state index is 11.5. The van der Waals surface area contributed by atoms with Crippen LogP contribution in [0.2, 0.25) is 0 Å². The van der Waals surface area contributed by atoms with E-state index in [1.54, 1.807) is 0 Å². The minimum atomic E-state index is 0.0450. The van der Waals surface area contributed by atoms with Crippen LogP contribution in [0.15, 0.2) is 24.3 Å². The Morgan fingerprint density at radius 2 is 2.05 bits per heavy atom. The number of nitrogens with one attached hydrogen (secondary N) is 1. The van der Waals surface area contributed by atoms with Crippen LogP contribution in [0.5, 0.6) is 5.75 Å². The van der Waals surface area contributed by atoms with Crippen molar-refractivity contribution in [2.45, 2.75) is 45.7 Å². The average Bonchev–Trinajstić information content (AvgIpc) is 2.41. The van der Waals surface area contributed by atoms with Gasteiger partial charge >= 0.3 is 0 Å². The third kappa shape index (κ3) is 6.82. The van der Waals surface area contributed by atoms with Crippen molar-refractivity contribution >= 4 is 5.91 Å². The lowest BCUT2D eigenvalue weighted by molar-refractivity contribution is -0.121. The van der Waals surface area contributed by atoms with Crippen molar-refractivity contribution in [3.63, 3.8) is 0 Å². The van der Waals surface area contributed by atoms with Crippen LogP contribution in [0.4, 0.5) is 0 Å². The summed E-state index contributed by atoms with van der Waals surface area (Å²) in [7, 11) is 0. The normalized spacial score (nSPS) is 11.9. The zero-order valence-corrected chi connectivity index (χ0v) is 11.8. The van der Waals surface area contributed by atoms with Gasteiger partial charge in [0.25, 0.3) is 0 Å². The largest absolute Gasteiger partial charge is 0.494 e. The van der Waals surface area contributed by atoms with E-state index in [1.807, 2.05) is 31.2 Å². The van der Waals surface area contributed by atoms with Crippen molar-refractivity contribution in [3.05, 3.63) is 29.8 Å². The molecular formula is C15H24N2O2. The van der Waals surface area contributed by atoms with Crippen LogP contribution < -0.4 is 15.8 Å². The molecule has 0 aliphatic heterocycles. The van der Waals surface area contributed by atoms with Crippen LogP contribution in [0.3, 0.4) is 0 Å². The molecule has 0 fully saturated rings. The van der Waals surface area contributed by atoms with E-state index in [2.05, 4.69) is 12.2 Å². The van der Waals surface area contributed by atoms with E-state index in [1.165, 1.54) is 0 Å². The summed E-state index contributed by atoms with van der Waals surface area (Å²) in [6.07, 6.45) is 2.20. The molecule has 0 saturated carbocycles. The molecule has 0 aromatic heterocycles. The first-order chi connectivity index (χ1) is 9.11. The number of hydrogen-bond acceptors (Lipinski definition) is 3. The van der Waals surface area contributed by atoms with Crippen LogP contribution >= 0.6 is 0 Å². The highest BCUT2D eigenvalue weighted by Crippen LogP contribution is 2.12. The number of nitrogens with two attached hydrogens (primary N) is 1. The molecule has 4 heteroatoms. The molecule has 19 heavy (non-hydrogen) atoms. The highest BCUT2D eigenvalue weighted by Gasteiger charge is 2.03. The van der Waals surface area contributed by atoms with Crippen LogP contribution in [-0.4, -0.2) is 18.6 Å². The van der Waals surface area contributed by atoms with Gasteiger partial charge in [0, 0.05) is 19.0 Å². The van der Waals surface area contributed by atoms with E-state index in [4.69, 9.17) is 10.5 Å². The van der Waals surface area contributed by atoms with Crippen molar-refractivity contribution < 1.29 is 9.53 Å². The Kier molecular flexibility index (Phi) is 6.97. The summed E-state index contributed by atoms with van der Waals surface area (Å²) in [4.78, 5) is 11.5. The topological polar surface area (TPSA) is 64.3 Å². The highest BCUT2D eigenvalue weighted by atomic mass is 16.5. The van der Waals surface area contributed by atoms with Gasteiger partial charge in [-0.1, -0.05) is 19.1 Å². The summed E-state index contributed by atoms with van der Waals surface area (Å²) in [6, 6.07) is 7.87. The number of carbonyl (C=O) groups is 1. The van der Waals surface area contributed by atoms with Crippen LogP contribution in [0.1, 0.15) is 38.7 Å². The molecule has 1 aromatic rings. The number of benzene rings is 1. The number of amides is 1. The van der Waals surface area contributed by atoms with Crippen LogP contribution in [-0.2, 0) is 11.3 Å². The number of carbonyl (C=O) groups excluding carboxylic acids is 1. The van der Waals surface area contributed by atoms with E-state index >= 15 is 0 Å². The predicted octanol–water partition coefficient (Wildman–Crippen LogP) is 2.22. The third-order valence-corrected chi connectivity index (χ3v) is 2.71. The number of hydrogen-bond donors (Lipinski definition) is 2. The van der Waals surface area contributed by atoms with Gasteiger partial charge in [-0.05, 0) is 37.5 Å². The Morgan fingerprint density at radius 1 is 1.37 bits per heavy atom. The van der Waals surface area contributed by atoms with Gasteiger partial charge in [-0.3, -0.25) is 4.79 Å². The first kappa shape index (κ1) is 15.5. The van der Waals surface area contributed by atoms with Crippen LogP contribution in [0.25, 0.3) is 0 Å². The lowest BCUT2D eigenvalue weighted by Crippen LogP contribution is -2.25. The zero-order chi connectivity index (χ0) is 14.1. The van der Waals surface area contributed by atoms with Crippen molar-refractivity contribution in [1.82, 2.24) is 5.32 Å². The van der Waals surface area contributed by atoms with E-state index in [0.717, 1.165) is 30.8 Å².